The number of aromatic nitrogens is 2. The molecule has 0 aliphatic carbocycles. The quantitative estimate of drug-likeness (QED) is 0.813. The lowest BCUT2D eigenvalue weighted by molar-refractivity contribution is 0.890. The largest absolute Gasteiger partial charge is 0.282 e. The van der Waals surface area contributed by atoms with Crippen molar-refractivity contribution in [2.45, 2.75) is 24.7 Å². The van der Waals surface area contributed by atoms with Crippen LogP contribution in [0.15, 0.2) is 29.2 Å². The topological polar surface area (TPSA) is 28.7 Å². The number of benzene rings is 1. The number of rotatable bonds is 1. The van der Waals surface area contributed by atoms with E-state index in [0.717, 1.165) is 11.4 Å². The molecule has 0 saturated heterocycles. The predicted octanol–water partition coefficient (Wildman–Crippen LogP) is 3.42. The van der Waals surface area contributed by atoms with Gasteiger partial charge in [0.1, 0.15) is 0 Å². The summed E-state index contributed by atoms with van der Waals surface area (Å²) in [5.41, 5.74) is 4.87. The first-order valence-corrected chi connectivity index (χ1v) is 6.59. The number of hydrogen-bond acceptors (Lipinski definition) is 2. The summed E-state index contributed by atoms with van der Waals surface area (Å²) in [6, 6.07) is 8.79. The first-order chi connectivity index (χ1) is 7.83. The van der Waals surface area contributed by atoms with Crippen LogP contribution in [0.2, 0.25) is 0 Å². The van der Waals surface area contributed by atoms with Crippen LogP contribution in [0.1, 0.15) is 17.7 Å². The highest BCUT2D eigenvalue weighted by Gasteiger charge is 2.11. The maximum Gasteiger partial charge on any atom is 0.0923 e. The van der Waals surface area contributed by atoms with Crippen LogP contribution in [-0.2, 0) is 6.42 Å². The summed E-state index contributed by atoms with van der Waals surface area (Å²) >= 11 is 1.97. The Morgan fingerprint density at radius 3 is 3.06 bits per heavy atom. The van der Waals surface area contributed by atoms with Gasteiger partial charge in [-0.15, -0.1) is 11.8 Å². The molecule has 0 amide bonds. The van der Waals surface area contributed by atoms with E-state index in [1.165, 1.54) is 34.6 Å². The van der Waals surface area contributed by atoms with E-state index in [4.69, 9.17) is 0 Å². The lowest BCUT2D eigenvalue weighted by atomic mass is 10.0. The third kappa shape index (κ3) is 1.76. The molecule has 3 rings (SSSR count). The molecule has 0 atom stereocenters. The minimum atomic E-state index is 1.05. The Morgan fingerprint density at radius 2 is 2.25 bits per heavy atom. The molecule has 0 fully saturated rings. The van der Waals surface area contributed by atoms with Gasteiger partial charge in [-0.05, 0) is 49.3 Å². The van der Waals surface area contributed by atoms with E-state index in [9.17, 15) is 0 Å². The van der Waals surface area contributed by atoms with E-state index in [2.05, 4.69) is 34.5 Å². The maximum atomic E-state index is 4.30. The van der Waals surface area contributed by atoms with Crippen LogP contribution >= 0.6 is 11.8 Å². The second kappa shape index (κ2) is 3.98. The van der Waals surface area contributed by atoms with Crippen molar-refractivity contribution in [2.75, 3.05) is 5.75 Å². The molecule has 1 N–H and O–H groups in total. The van der Waals surface area contributed by atoms with Gasteiger partial charge in [-0.25, -0.2) is 0 Å². The SMILES string of the molecule is Cc1cc(-c2ccc3c(c2)CCCS3)n[nH]1. The molecular formula is C13H14N2S. The van der Waals surface area contributed by atoms with Gasteiger partial charge < -0.3 is 0 Å². The van der Waals surface area contributed by atoms with Gasteiger partial charge in [0.25, 0.3) is 0 Å². The average Bonchev–Trinajstić information content (AvgIpc) is 2.75. The zero-order chi connectivity index (χ0) is 11.0. The van der Waals surface area contributed by atoms with Gasteiger partial charge >= 0.3 is 0 Å². The van der Waals surface area contributed by atoms with Crippen molar-refractivity contribution in [3.63, 3.8) is 0 Å². The van der Waals surface area contributed by atoms with Crippen LogP contribution in [0.3, 0.4) is 0 Å². The van der Waals surface area contributed by atoms with Crippen molar-refractivity contribution in [3.8, 4) is 11.3 Å². The fraction of sp³-hybridized carbons (Fsp3) is 0.308. The van der Waals surface area contributed by atoms with Crippen molar-refractivity contribution < 1.29 is 0 Å². The lowest BCUT2D eigenvalue weighted by Crippen LogP contribution is -1.98. The third-order valence-electron chi connectivity index (χ3n) is 2.91. The Bertz CT molecular complexity index is 516. The summed E-state index contributed by atoms with van der Waals surface area (Å²) in [5, 5.41) is 7.30. The molecule has 1 aliphatic rings. The van der Waals surface area contributed by atoms with Crippen LogP contribution in [0.4, 0.5) is 0 Å². The molecule has 1 aromatic carbocycles. The van der Waals surface area contributed by atoms with Gasteiger partial charge in [0.2, 0.25) is 0 Å². The normalized spacial score (nSPS) is 14.8. The molecule has 0 radical (unpaired) electrons. The van der Waals surface area contributed by atoms with Crippen molar-refractivity contribution in [2.24, 2.45) is 0 Å². The summed E-state index contributed by atoms with van der Waals surface area (Å²) in [6.07, 6.45) is 2.50. The van der Waals surface area contributed by atoms with Gasteiger partial charge in [-0.2, -0.15) is 5.10 Å². The molecular weight excluding hydrogens is 216 g/mol. The van der Waals surface area contributed by atoms with Crippen molar-refractivity contribution in [1.82, 2.24) is 10.2 Å². The van der Waals surface area contributed by atoms with Crippen LogP contribution in [0.25, 0.3) is 11.3 Å². The summed E-state index contributed by atoms with van der Waals surface area (Å²) < 4.78 is 0. The molecule has 16 heavy (non-hydrogen) atoms. The summed E-state index contributed by atoms with van der Waals surface area (Å²) in [4.78, 5) is 1.45. The lowest BCUT2D eigenvalue weighted by Gasteiger charge is -2.15. The number of aryl methyl sites for hydroxylation is 2. The highest BCUT2D eigenvalue weighted by atomic mass is 32.2. The fourth-order valence-corrected chi connectivity index (χ4v) is 3.10. The second-order valence-corrected chi connectivity index (χ2v) is 5.35. The van der Waals surface area contributed by atoms with Gasteiger partial charge in [0, 0.05) is 16.2 Å². The summed E-state index contributed by atoms with van der Waals surface area (Å²) in [7, 11) is 0. The first kappa shape index (κ1) is 9.97. The Morgan fingerprint density at radius 1 is 1.31 bits per heavy atom. The van der Waals surface area contributed by atoms with Gasteiger partial charge in [-0.1, -0.05) is 6.07 Å². The summed E-state index contributed by atoms with van der Waals surface area (Å²) in [6.45, 7) is 2.03. The van der Waals surface area contributed by atoms with E-state index in [1.54, 1.807) is 0 Å². The number of H-pyrrole nitrogens is 1. The third-order valence-corrected chi connectivity index (χ3v) is 4.11. The first-order valence-electron chi connectivity index (χ1n) is 5.61. The smallest absolute Gasteiger partial charge is 0.0923 e. The van der Waals surface area contributed by atoms with E-state index in [0.29, 0.717) is 0 Å². The van der Waals surface area contributed by atoms with Crippen LogP contribution < -0.4 is 0 Å². The summed E-state index contributed by atoms with van der Waals surface area (Å²) in [5.74, 6) is 1.26. The Labute approximate surface area is 99.5 Å². The maximum absolute atomic E-state index is 4.30. The predicted molar refractivity (Wildman–Crippen MR) is 67.8 cm³/mol. The molecule has 1 aromatic heterocycles. The number of nitrogens with zero attached hydrogens (tertiary/aromatic N) is 1. The minimum absolute atomic E-state index is 1.05. The number of fused-ring (bicyclic) bond motifs is 1. The van der Waals surface area contributed by atoms with Crippen molar-refractivity contribution >= 4 is 11.8 Å². The highest BCUT2D eigenvalue weighted by molar-refractivity contribution is 7.99. The second-order valence-electron chi connectivity index (χ2n) is 4.21. The minimum Gasteiger partial charge on any atom is -0.282 e. The van der Waals surface area contributed by atoms with Gasteiger partial charge in [0.15, 0.2) is 0 Å². The standard InChI is InChI=1S/C13H14N2S/c1-9-7-12(15-14-9)10-4-5-13-11(8-10)3-2-6-16-13/h4-5,7-8H,2-3,6H2,1H3,(H,14,15). The molecule has 3 heteroatoms. The fourth-order valence-electron chi connectivity index (χ4n) is 2.09. The van der Waals surface area contributed by atoms with E-state index in [1.807, 2.05) is 18.7 Å². The molecule has 0 bridgehead atoms. The molecule has 0 saturated carbocycles. The van der Waals surface area contributed by atoms with Crippen molar-refractivity contribution in [3.05, 3.63) is 35.5 Å². The number of thioether (sulfide) groups is 1. The zero-order valence-electron chi connectivity index (χ0n) is 9.29. The molecule has 1 aliphatic heterocycles. The van der Waals surface area contributed by atoms with Crippen molar-refractivity contribution in [1.29, 1.82) is 0 Å². The molecule has 2 heterocycles. The highest BCUT2D eigenvalue weighted by Crippen LogP contribution is 2.32. The molecule has 82 valence electrons. The van der Waals surface area contributed by atoms with Gasteiger partial charge in [0.05, 0.1) is 5.69 Å². The number of aromatic amines is 1. The zero-order valence-corrected chi connectivity index (χ0v) is 10.1. The Balaban J connectivity index is 2.02. The van der Waals surface area contributed by atoms with Crippen LogP contribution in [-0.4, -0.2) is 16.0 Å². The number of nitrogens with one attached hydrogen (secondary N) is 1. The Kier molecular flexibility index (Phi) is 2.48. The van der Waals surface area contributed by atoms with Crippen LogP contribution in [0, 0.1) is 6.92 Å². The van der Waals surface area contributed by atoms with E-state index < -0.39 is 0 Å². The van der Waals surface area contributed by atoms with E-state index >= 15 is 0 Å². The van der Waals surface area contributed by atoms with Gasteiger partial charge in [-0.3, -0.25) is 5.10 Å². The molecule has 2 aromatic rings. The molecule has 2 nitrogen and oxygen atoms in total. The molecule has 0 spiro atoms. The monoisotopic (exact) mass is 230 g/mol. The average molecular weight is 230 g/mol. The van der Waals surface area contributed by atoms with Crippen LogP contribution in [0.5, 0.6) is 0 Å². The number of hydrogen-bond donors (Lipinski definition) is 1. The van der Waals surface area contributed by atoms with E-state index in [-0.39, 0.29) is 0 Å². The Hall–Kier alpha value is -1.22. The molecule has 0 unspecified atom stereocenters.